The summed E-state index contributed by atoms with van der Waals surface area (Å²) in [5, 5.41) is 14.9. The van der Waals surface area contributed by atoms with Gasteiger partial charge < -0.3 is 29.9 Å². The highest BCUT2D eigenvalue weighted by Gasteiger charge is 2.34. The Kier molecular flexibility index (Phi) is 7.88. The molecule has 0 bridgehead atoms. The number of carbonyl (C=O) groups excluding carboxylic acids is 2. The molecule has 37 heavy (non-hydrogen) atoms. The van der Waals surface area contributed by atoms with E-state index in [0.717, 1.165) is 22.1 Å². The van der Waals surface area contributed by atoms with Gasteiger partial charge in [0.25, 0.3) is 5.91 Å². The highest BCUT2D eigenvalue weighted by atomic mass is 16.5. The summed E-state index contributed by atoms with van der Waals surface area (Å²) < 4.78 is 6.41. The van der Waals surface area contributed by atoms with Crippen molar-refractivity contribution in [2.24, 2.45) is 5.92 Å². The number of amides is 3. The zero-order chi connectivity index (χ0) is 26.7. The van der Waals surface area contributed by atoms with Crippen LogP contribution in [0.25, 0.3) is 10.8 Å². The van der Waals surface area contributed by atoms with Crippen molar-refractivity contribution in [1.82, 2.24) is 9.80 Å². The summed E-state index contributed by atoms with van der Waals surface area (Å²) in [5.41, 5.74) is 2.08. The van der Waals surface area contributed by atoms with E-state index in [9.17, 15) is 14.7 Å². The lowest BCUT2D eigenvalue weighted by atomic mass is 9.99. The standard InChI is InChI=1S/C29H36N4O4/c1-19-16-33(20(2)18-34)28(35)24-15-22(31(3)4)13-14-26(24)37-27(19)17-32(5)29(36)30-25-12-8-10-21-9-6-7-11-23(21)25/h6-15,19-20,27,34H,16-18H2,1-5H3,(H,30,36)/t19-,20-,27+/m1/s1. The number of fused-ring (bicyclic) bond motifs is 2. The number of urea groups is 1. The average Bonchev–Trinajstić information content (AvgIpc) is 2.89. The van der Waals surface area contributed by atoms with Crippen LogP contribution in [0.2, 0.25) is 0 Å². The smallest absolute Gasteiger partial charge is 0.321 e. The molecule has 3 atom stereocenters. The quantitative estimate of drug-likeness (QED) is 0.523. The lowest BCUT2D eigenvalue weighted by Gasteiger charge is -2.38. The van der Waals surface area contributed by atoms with Gasteiger partial charge in [-0.05, 0) is 36.6 Å². The van der Waals surface area contributed by atoms with Crippen molar-refractivity contribution in [2.75, 3.05) is 51.1 Å². The SMILES string of the molecule is C[C@@H]1CN([C@H](C)CO)C(=O)c2cc(N(C)C)ccc2O[C@H]1CN(C)C(=O)Nc1cccc2ccccc12. The van der Waals surface area contributed by atoms with Gasteiger partial charge in [-0.2, -0.15) is 0 Å². The highest BCUT2D eigenvalue weighted by molar-refractivity contribution is 6.01. The van der Waals surface area contributed by atoms with E-state index in [-0.39, 0.29) is 36.6 Å². The molecule has 0 radical (unpaired) electrons. The second-order valence-corrected chi connectivity index (χ2v) is 10.0. The Morgan fingerprint density at radius 3 is 2.59 bits per heavy atom. The summed E-state index contributed by atoms with van der Waals surface area (Å²) in [6.45, 7) is 4.42. The van der Waals surface area contributed by atoms with Crippen LogP contribution >= 0.6 is 0 Å². The van der Waals surface area contributed by atoms with Crippen molar-refractivity contribution in [3.8, 4) is 5.75 Å². The van der Waals surface area contributed by atoms with Crippen LogP contribution in [0.15, 0.2) is 60.7 Å². The monoisotopic (exact) mass is 504 g/mol. The second-order valence-electron chi connectivity index (χ2n) is 10.0. The van der Waals surface area contributed by atoms with Gasteiger partial charge in [-0.15, -0.1) is 0 Å². The number of hydrogen-bond donors (Lipinski definition) is 2. The first-order valence-electron chi connectivity index (χ1n) is 12.6. The Balaban J connectivity index is 1.59. The van der Waals surface area contributed by atoms with Gasteiger partial charge in [0.1, 0.15) is 11.9 Å². The predicted octanol–water partition coefficient (Wildman–Crippen LogP) is 4.29. The Morgan fingerprint density at radius 2 is 1.86 bits per heavy atom. The molecule has 2 N–H and O–H groups in total. The molecule has 3 aromatic rings. The molecular weight excluding hydrogens is 468 g/mol. The lowest BCUT2D eigenvalue weighted by Crippen LogP contribution is -2.50. The van der Waals surface area contributed by atoms with Crippen molar-refractivity contribution in [1.29, 1.82) is 0 Å². The van der Waals surface area contributed by atoms with Crippen LogP contribution in [-0.2, 0) is 0 Å². The molecular formula is C29H36N4O4. The largest absolute Gasteiger partial charge is 0.487 e. The molecule has 8 heteroatoms. The Labute approximate surface area is 218 Å². The number of likely N-dealkylation sites (N-methyl/N-ethyl adjacent to an activating group) is 1. The maximum Gasteiger partial charge on any atom is 0.321 e. The first-order chi connectivity index (χ1) is 17.7. The van der Waals surface area contributed by atoms with Crippen LogP contribution in [0.3, 0.4) is 0 Å². The van der Waals surface area contributed by atoms with E-state index in [4.69, 9.17) is 4.74 Å². The number of carbonyl (C=O) groups is 2. The minimum atomic E-state index is -0.367. The zero-order valence-corrected chi connectivity index (χ0v) is 22.1. The van der Waals surface area contributed by atoms with Gasteiger partial charge >= 0.3 is 6.03 Å². The average molecular weight is 505 g/mol. The summed E-state index contributed by atoms with van der Waals surface area (Å²) in [7, 11) is 5.57. The molecule has 1 aliphatic heterocycles. The van der Waals surface area contributed by atoms with Crippen molar-refractivity contribution < 1.29 is 19.4 Å². The summed E-state index contributed by atoms with van der Waals surface area (Å²) in [5.74, 6) is 0.213. The molecule has 3 amide bonds. The van der Waals surface area contributed by atoms with Crippen molar-refractivity contribution in [2.45, 2.75) is 26.0 Å². The molecule has 1 heterocycles. The molecule has 0 spiro atoms. The molecule has 3 aromatic carbocycles. The van der Waals surface area contributed by atoms with E-state index >= 15 is 0 Å². The number of nitrogens with one attached hydrogen (secondary N) is 1. The van der Waals surface area contributed by atoms with Crippen LogP contribution in [0.4, 0.5) is 16.2 Å². The van der Waals surface area contributed by atoms with E-state index in [1.165, 1.54) is 0 Å². The fourth-order valence-corrected chi connectivity index (χ4v) is 4.60. The normalized spacial score (nSPS) is 18.3. The van der Waals surface area contributed by atoms with Crippen molar-refractivity contribution >= 4 is 34.1 Å². The fraction of sp³-hybridized carbons (Fsp3) is 0.379. The minimum absolute atomic E-state index is 0.0903. The second kappa shape index (κ2) is 11.1. The Hall–Kier alpha value is -3.78. The molecule has 1 aliphatic rings. The van der Waals surface area contributed by atoms with E-state index in [1.807, 2.05) is 93.5 Å². The maximum atomic E-state index is 13.5. The van der Waals surface area contributed by atoms with E-state index in [1.54, 1.807) is 16.8 Å². The molecule has 0 aromatic heterocycles. The fourth-order valence-electron chi connectivity index (χ4n) is 4.60. The molecule has 0 saturated carbocycles. The predicted molar refractivity (Wildman–Crippen MR) is 148 cm³/mol. The topological polar surface area (TPSA) is 85.4 Å². The van der Waals surface area contributed by atoms with E-state index in [2.05, 4.69) is 5.32 Å². The lowest BCUT2D eigenvalue weighted by molar-refractivity contribution is 0.0371. The third kappa shape index (κ3) is 5.64. The van der Waals surface area contributed by atoms with Crippen LogP contribution in [0, 0.1) is 5.92 Å². The maximum absolute atomic E-state index is 13.5. The number of nitrogens with zero attached hydrogens (tertiary/aromatic N) is 3. The Bertz CT molecular complexity index is 1270. The highest BCUT2D eigenvalue weighted by Crippen LogP contribution is 2.31. The number of rotatable bonds is 6. The van der Waals surface area contributed by atoms with Crippen LogP contribution in [-0.4, -0.2) is 79.8 Å². The summed E-state index contributed by atoms with van der Waals surface area (Å²) in [6, 6.07) is 18.7. The summed E-state index contributed by atoms with van der Waals surface area (Å²) >= 11 is 0. The number of aliphatic hydroxyl groups is 1. The molecule has 0 unspecified atom stereocenters. The molecule has 0 fully saturated rings. The van der Waals surface area contributed by atoms with Gasteiger partial charge in [0.15, 0.2) is 0 Å². The first kappa shape index (κ1) is 26.3. The van der Waals surface area contributed by atoms with Gasteiger partial charge in [-0.25, -0.2) is 4.79 Å². The molecule has 8 nitrogen and oxygen atoms in total. The van der Waals surface area contributed by atoms with Gasteiger partial charge in [-0.1, -0.05) is 43.3 Å². The zero-order valence-electron chi connectivity index (χ0n) is 22.1. The van der Waals surface area contributed by atoms with Gasteiger partial charge in [0.2, 0.25) is 0 Å². The number of hydrogen-bond acceptors (Lipinski definition) is 5. The van der Waals surface area contributed by atoms with Crippen LogP contribution in [0.1, 0.15) is 24.2 Å². The van der Waals surface area contributed by atoms with E-state index < -0.39 is 0 Å². The molecule has 0 aliphatic carbocycles. The van der Waals surface area contributed by atoms with Gasteiger partial charge in [-0.3, -0.25) is 4.79 Å². The third-order valence-electron chi connectivity index (χ3n) is 7.00. The van der Waals surface area contributed by atoms with Crippen molar-refractivity contribution in [3.05, 3.63) is 66.2 Å². The molecule has 0 saturated heterocycles. The van der Waals surface area contributed by atoms with Gasteiger partial charge in [0.05, 0.1) is 30.4 Å². The molecule has 4 rings (SSSR count). The van der Waals surface area contributed by atoms with Crippen LogP contribution < -0.4 is 15.0 Å². The van der Waals surface area contributed by atoms with Gasteiger partial charge in [0, 0.05) is 44.7 Å². The third-order valence-corrected chi connectivity index (χ3v) is 7.00. The molecule has 196 valence electrons. The van der Waals surface area contributed by atoms with E-state index in [0.29, 0.717) is 24.4 Å². The Morgan fingerprint density at radius 1 is 1.14 bits per heavy atom. The first-order valence-corrected chi connectivity index (χ1v) is 12.6. The number of aliphatic hydroxyl groups excluding tert-OH is 1. The number of ether oxygens (including phenoxy) is 1. The number of benzene rings is 3. The summed E-state index contributed by atoms with van der Waals surface area (Å²) in [6.07, 6.45) is -0.367. The van der Waals surface area contributed by atoms with Crippen LogP contribution in [0.5, 0.6) is 5.75 Å². The summed E-state index contributed by atoms with van der Waals surface area (Å²) in [4.78, 5) is 31.9. The van der Waals surface area contributed by atoms with Crippen molar-refractivity contribution in [3.63, 3.8) is 0 Å². The minimum Gasteiger partial charge on any atom is -0.487 e. The number of anilines is 2.